The zero-order valence-corrected chi connectivity index (χ0v) is 19.4. The molecular weight excluding hydrogens is 430 g/mol. The summed E-state index contributed by atoms with van der Waals surface area (Å²) in [6.45, 7) is 5.07. The van der Waals surface area contributed by atoms with Gasteiger partial charge in [-0.15, -0.1) is 0 Å². The number of rotatable bonds is 10. The number of alkyl carbamates (subject to hydrolysis) is 1. The number of amides is 2. The Kier molecular flexibility index (Phi) is 10.1. The Morgan fingerprint density at radius 1 is 0.938 bits per heavy atom. The van der Waals surface area contributed by atoms with Crippen LogP contribution in [0.25, 0.3) is 0 Å². The van der Waals surface area contributed by atoms with Gasteiger partial charge in [-0.25, -0.2) is 4.79 Å². The molecule has 8 heteroatoms. The highest BCUT2D eigenvalue weighted by atomic mass is 32.2. The molecule has 0 aliphatic heterocycles. The van der Waals surface area contributed by atoms with Crippen LogP contribution in [0.3, 0.4) is 0 Å². The van der Waals surface area contributed by atoms with Gasteiger partial charge in [0.25, 0.3) is 0 Å². The van der Waals surface area contributed by atoms with E-state index in [2.05, 4.69) is 10.6 Å². The Bertz CT molecular complexity index is 869. The van der Waals surface area contributed by atoms with E-state index in [1.165, 1.54) is 11.8 Å². The summed E-state index contributed by atoms with van der Waals surface area (Å²) in [6, 6.07) is 18.2. The van der Waals surface area contributed by atoms with Crippen molar-refractivity contribution in [3.63, 3.8) is 0 Å². The Labute approximate surface area is 193 Å². The first-order valence-corrected chi connectivity index (χ1v) is 11.5. The quantitative estimate of drug-likeness (QED) is 0.415. The van der Waals surface area contributed by atoms with Gasteiger partial charge in [-0.1, -0.05) is 60.7 Å². The second-order valence-corrected chi connectivity index (χ2v) is 9.09. The standard InChI is InChI=1S/C24H30N2O5S/c1-24(2,3)31-23(29)26-20(17-32-16-19-12-8-5-9-13-19)22(28)25-14-21(27)30-15-18-10-6-4-7-11-18/h4-13,20H,14-17H2,1-3H3,(H,25,28)(H,26,29)/t20-/m0/s1/i14+1,21+1. The number of esters is 1. The van der Waals surface area contributed by atoms with Crippen LogP contribution in [0.2, 0.25) is 0 Å². The van der Waals surface area contributed by atoms with E-state index in [0.29, 0.717) is 11.5 Å². The summed E-state index contributed by atoms with van der Waals surface area (Å²) in [7, 11) is 0. The molecule has 0 aromatic heterocycles. The van der Waals surface area contributed by atoms with Crippen molar-refractivity contribution < 1.29 is 23.9 Å². The molecule has 0 aliphatic rings. The minimum absolute atomic E-state index is 0.127. The van der Waals surface area contributed by atoms with Crippen molar-refractivity contribution in [1.82, 2.24) is 10.6 Å². The number of carbonyl (C=O) groups is 3. The fourth-order valence-corrected chi connectivity index (χ4v) is 3.59. The highest BCUT2D eigenvalue weighted by Crippen LogP contribution is 2.14. The van der Waals surface area contributed by atoms with Gasteiger partial charge in [-0.05, 0) is 31.9 Å². The predicted molar refractivity (Wildman–Crippen MR) is 125 cm³/mol. The molecule has 2 aromatic carbocycles. The van der Waals surface area contributed by atoms with Gasteiger partial charge in [0.15, 0.2) is 0 Å². The number of benzene rings is 2. The van der Waals surface area contributed by atoms with E-state index in [1.807, 2.05) is 60.7 Å². The van der Waals surface area contributed by atoms with E-state index in [1.54, 1.807) is 20.8 Å². The summed E-state index contributed by atoms with van der Waals surface area (Å²) < 4.78 is 10.4. The first-order chi connectivity index (χ1) is 15.2. The van der Waals surface area contributed by atoms with Crippen LogP contribution in [0.4, 0.5) is 4.79 Å². The van der Waals surface area contributed by atoms with Crippen LogP contribution < -0.4 is 10.6 Å². The summed E-state index contributed by atoms with van der Waals surface area (Å²) >= 11 is 1.50. The second-order valence-electron chi connectivity index (χ2n) is 8.06. The van der Waals surface area contributed by atoms with E-state index in [0.717, 1.165) is 11.1 Å². The van der Waals surface area contributed by atoms with E-state index >= 15 is 0 Å². The predicted octanol–water partition coefficient (Wildman–Crippen LogP) is 3.67. The van der Waals surface area contributed by atoms with Crippen LogP contribution in [-0.2, 0) is 31.4 Å². The lowest BCUT2D eigenvalue weighted by Crippen LogP contribution is -2.50. The molecule has 0 radical (unpaired) electrons. The highest BCUT2D eigenvalue weighted by Gasteiger charge is 2.25. The molecule has 0 bridgehead atoms. The molecule has 0 unspecified atom stereocenters. The maximum atomic E-state index is 12.7. The van der Waals surface area contributed by atoms with Gasteiger partial charge >= 0.3 is 12.1 Å². The molecule has 0 saturated heterocycles. The van der Waals surface area contributed by atoms with Crippen molar-refractivity contribution in [3.05, 3.63) is 71.8 Å². The molecule has 0 heterocycles. The highest BCUT2D eigenvalue weighted by molar-refractivity contribution is 7.98. The van der Waals surface area contributed by atoms with Gasteiger partial charge in [0, 0.05) is 11.5 Å². The van der Waals surface area contributed by atoms with Crippen LogP contribution in [0.1, 0.15) is 31.9 Å². The minimum atomic E-state index is -0.861. The van der Waals surface area contributed by atoms with Crippen molar-refractivity contribution in [3.8, 4) is 0 Å². The zero-order chi connectivity index (χ0) is 23.4. The Balaban J connectivity index is 1.86. The molecule has 0 aliphatic carbocycles. The van der Waals surface area contributed by atoms with Gasteiger partial charge < -0.3 is 20.1 Å². The molecule has 0 spiro atoms. The van der Waals surface area contributed by atoms with E-state index in [4.69, 9.17) is 9.47 Å². The third kappa shape index (κ3) is 10.3. The smallest absolute Gasteiger partial charge is 0.408 e. The number of thioether (sulfide) groups is 1. The number of nitrogens with one attached hydrogen (secondary N) is 2. The lowest BCUT2D eigenvalue weighted by Gasteiger charge is -2.23. The summed E-state index contributed by atoms with van der Waals surface area (Å²) in [5, 5.41) is 5.13. The lowest BCUT2D eigenvalue weighted by atomic mass is 10.2. The van der Waals surface area contributed by atoms with Crippen LogP contribution in [0.15, 0.2) is 60.7 Å². The first-order valence-electron chi connectivity index (χ1n) is 10.3. The maximum absolute atomic E-state index is 12.7. The molecule has 1 atom stereocenters. The van der Waals surface area contributed by atoms with Crippen LogP contribution in [0.5, 0.6) is 0 Å². The molecule has 2 aromatic rings. The Hall–Kier alpha value is -3.00. The lowest BCUT2D eigenvalue weighted by molar-refractivity contribution is -0.145. The van der Waals surface area contributed by atoms with Gasteiger partial charge in [-0.2, -0.15) is 11.8 Å². The monoisotopic (exact) mass is 460 g/mol. The number of carbonyl (C=O) groups excluding carboxylic acids is 3. The summed E-state index contributed by atoms with van der Waals surface area (Å²) in [6.07, 6.45) is -0.690. The maximum Gasteiger partial charge on any atom is 0.408 e. The molecule has 7 nitrogen and oxygen atoms in total. The average Bonchev–Trinajstić information content (AvgIpc) is 2.75. The molecule has 2 amide bonds. The molecule has 2 rings (SSSR count). The Morgan fingerprint density at radius 3 is 2.12 bits per heavy atom. The Morgan fingerprint density at radius 2 is 1.53 bits per heavy atom. The molecule has 0 fully saturated rings. The molecule has 0 saturated carbocycles. The number of ether oxygens (including phenoxy) is 2. The molecular formula is C24H30N2O5S. The first kappa shape index (κ1) is 25.3. The van der Waals surface area contributed by atoms with E-state index in [9.17, 15) is 14.4 Å². The van der Waals surface area contributed by atoms with Crippen molar-refractivity contribution in [2.75, 3.05) is 12.3 Å². The van der Waals surface area contributed by atoms with Gasteiger partial charge in [0.2, 0.25) is 5.91 Å². The number of hydrogen-bond donors (Lipinski definition) is 2. The molecule has 172 valence electrons. The third-order valence-corrected chi connectivity index (χ3v) is 5.16. The molecule has 2 N–H and O–H groups in total. The largest absolute Gasteiger partial charge is 0.460 e. The molecule has 32 heavy (non-hydrogen) atoms. The van der Waals surface area contributed by atoms with Gasteiger partial charge in [0.05, 0.1) is 0 Å². The minimum Gasteiger partial charge on any atom is -0.460 e. The van der Waals surface area contributed by atoms with Crippen LogP contribution in [-0.4, -0.2) is 41.9 Å². The third-order valence-electron chi connectivity index (χ3n) is 4.05. The topological polar surface area (TPSA) is 93.7 Å². The normalized spacial score (nSPS) is 11.8. The van der Waals surface area contributed by atoms with Gasteiger partial charge in [-0.3, -0.25) is 9.59 Å². The number of hydrogen-bond acceptors (Lipinski definition) is 6. The summed E-state index contributed by atoms with van der Waals surface area (Å²) in [4.78, 5) is 36.9. The summed E-state index contributed by atoms with van der Waals surface area (Å²) in [5.41, 5.74) is 1.27. The van der Waals surface area contributed by atoms with E-state index in [-0.39, 0.29) is 13.2 Å². The zero-order valence-electron chi connectivity index (χ0n) is 18.6. The fraction of sp³-hybridized carbons (Fsp3) is 0.375. The second kappa shape index (κ2) is 12.8. The summed E-state index contributed by atoms with van der Waals surface area (Å²) in [5.74, 6) is -0.0399. The van der Waals surface area contributed by atoms with Crippen molar-refractivity contribution >= 4 is 29.7 Å². The van der Waals surface area contributed by atoms with Gasteiger partial charge in [0.1, 0.15) is 24.8 Å². The average molecular weight is 461 g/mol. The van der Waals surface area contributed by atoms with Crippen LogP contribution >= 0.6 is 11.8 Å². The van der Waals surface area contributed by atoms with E-state index < -0.39 is 29.6 Å². The van der Waals surface area contributed by atoms with Crippen LogP contribution in [0, 0.1) is 0 Å². The van der Waals surface area contributed by atoms with Crippen molar-refractivity contribution in [1.29, 1.82) is 0 Å². The van der Waals surface area contributed by atoms with Crippen molar-refractivity contribution in [2.45, 2.75) is 44.8 Å². The van der Waals surface area contributed by atoms with Crippen molar-refractivity contribution in [2.24, 2.45) is 0 Å². The fourth-order valence-electron chi connectivity index (χ4n) is 2.57. The SMILES string of the molecule is CC(C)(C)OC(=O)N[C@@H](CSCc1ccccc1)C(=O)N[13CH2][13C](=O)OCc1ccccc1.